The fourth-order valence-corrected chi connectivity index (χ4v) is 4.23. The summed E-state index contributed by atoms with van der Waals surface area (Å²) in [5, 5.41) is 10.5. The number of amides is 1. The molecular weight excluding hydrogens is 394 g/mol. The molecule has 0 aromatic heterocycles. The number of nitrogens with zero attached hydrogens (tertiary/aromatic N) is 1. The molecule has 1 aliphatic heterocycles. The van der Waals surface area contributed by atoms with Gasteiger partial charge >= 0.3 is 0 Å². The quantitative estimate of drug-likeness (QED) is 0.750. The van der Waals surface area contributed by atoms with Crippen molar-refractivity contribution in [3.05, 3.63) is 52.0 Å². The van der Waals surface area contributed by atoms with Crippen LogP contribution in [0.1, 0.15) is 44.2 Å². The monoisotopic (exact) mass is 417 g/mol. The third-order valence-corrected chi connectivity index (χ3v) is 5.66. The molecule has 0 atom stereocenters. The van der Waals surface area contributed by atoms with Crippen molar-refractivity contribution in [3.63, 3.8) is 0 Å². The largest absolute Gasteiger partial charge is 0.506 e. The first-order chi connectivity index (χ1) is 12.5. The second-order valence-corrected chi connectivity index (χ2v) is 7.41. The van der Waals surface area contributed by atoms with Crippen LogP contribution in [-0.4, -0.2) is 18.1 Å². The first-order valence-corrected chi connectivity index (χ1v) is 9.82. The number of phenols is 1. The summed E-state index contributed by atoms with van der Waals surface area (Å²) in [6, 6.07) is 11.3. The number of hydrogen-bond acceptors (Lipinski definition) is 3. The minimum Gasteiger partial charge on any atom is -0.506 e. The highest BCUT2D eigenvalue weighted by Crippen LogP contribution is 2.56. The molecule has 0 bridgehead atoms. The molecule has 2 aromatic rings. The van der Waals surface area contributed by atoms with Gasteiger partial charge in [0.15, 0.2) is 0 Å². The molecule has 1 spiro atoms. The van der Waals surface area contributed by atoms with Gasteiger partial charge in [0.2, 0.25) is 5.91 Å². The average molecular weight is 418 g/mol. The maximum Gasteiger partial charge on any atom is 0.238 e. The van der Waals surface area contributed by atoms with E-state index in [1.165, 1.54) is 0 Å². The first kappa shape index (κ1) is 18.8. The topological polar surface area (TPSA) is 49.8 Å². The van der Waals surface area contributed by atoms with Crippen LogP contribution in [0.3, 0.4) is 0 Å². The zero-order chi connectivity index (χ0) is 18.9. The summed E-state index contributed by atoms with van der Waals surface area (Å²) in [7, 11) is 1.63. The summed E-state index contributed by atoms with van der Waals surface area (Å²) >= 11 is 3.44. The van der Waals surface area contributed by atoms with Gasteiger partial charge in [-0.1, -0.05) is 48.3 Å². The van der Waals surface area contributed by atoms with E-state index in [1.807, 2.05) is 44.2 Å². The van der Waals surface area contributed by atoms with E-state index >= 15 is 0 Å². The van der Waals surface area contributed by atoms with Gasteiger partial charge in [0.25, 0.3) is 0 Å². The number of phenolic OH excluding ortho intramolecular Hbond substituents is 1. The van der Waals surface area contributed by atoms with E-state index in [9.17, 15) is 9.90 Å². The lowest BCUT2D eigenvalue weighted by molar-refractivity contribution is -0.126. The number of methoxy groups -OCH3 is 1. The Balaban J connectivity index is 0.000000948. The van der Waals surface area contributed by atoms with Crippen LogP contribution < -0.4 is 9.64 Å². The lowest BCUT2D eigenvalue weighted by Gasteiger charge is -2.37. The number of carbonyl (C=O) groups excluding carboxylic acids is 1. The van der Waals surface area contributed by atoms with Crippen molar-refractivity contribution < 1.29 is 14.6 Å². The zero-order valence-corrected chi connectivity index (χ0v) is 17.0. The predicted octanol–water partition coefficient (Wildman–Crippen LogP) is 5.16. The molecule has 1 aliphatic carbocycles. The maximum atomic E-state index is 13.1. The van der Waals surface area contributed by atoms with Crippen LogP contribution in [0.2, 0.25) is 0 Å². The van der Waals surface area contributed by atoms with E-state index in [2.05, 4.69) is 15.9 Å². The highest BCUT2D eigenvalue weighted by molar-refractivity contribution is 9.10. The van der Waals surface area contributed by atoms with E-state index in [0.29, 0.717) is 12.2 Å². The molecule has 0 saturated heterocycles. The van der Waals surface area contributed by atoms with Crippen molar-refractivity contribution in [1.82, 2.24) is 0 Å². The Morgan fingerprint density at radius 2 is 1.85 bits per heavy atom. The summed E-state index contributed by atoms with van der Waals surface area (Å²) in [5.74, 6) is 1.05. The van der Waals surface area contributed by atoms with Crippen molar-refractivity contribution in [1.29, 1.82) is 0 Å². The van der Waals surface area contributed by atoms with Crippen LogP contribution >= 0.6 is 15.9 Å². The van der Waals surface area contributed by atoms with E-state index in [0.717, 1.165) is 40.6 Å². The second kappa shape index (κ2) is 7.31. The number of rotatable bonds is 3. The van der Waals surface area contributed by atoms with Crippen molar-refractivity contribution in [2.45, 2.75) is 45.1 Å². The lowest BCUT2D eigenvalue weighted by atomic mass is 9.65. The minimum absolute atomic E-state index is 0.105. The molecule has 1 N–H and O–H groups in total. The van der Waals surface area contributed by atoms with Gasteiger partial charge in [-0.25, -0.2) is 0 Å². The van der Waals surface area contributed by atoms with Gasteiger partial charge in [-0.2, -0.15) is 0 Å². The zero-order valence-electron chi connectivity index (χ0n) is 15.4. The first-order valence-electron chi connectivity index (χ1n) is 9.03. The van der Waals surface area contributed by atoms with E-state index in [1.54, 1.807) is 18.1 Å². The highest BCUT2D eigenvalue weighted by Gasteiger charge is 2.55. The third kappa shape index (κ3) is 2.88. The van der Waals surface area contributed by atoms with Gasteiger partial charge in [-0.15, -0.1) is 0 Å². The Morgan fingerprint density at radius 3 is 2.38 bits per heavy atom. The van der Waals surface area contributed by atoms with E-state index in [-0.39, 0.29) is 11.7 Å². The third-order valence-electron chi connectivity index (χ3n) is 5.20. The van der Waals surface area contributed by atoms with Crippen LogP contribution in [0.5, 0.6) is 11.5 Å². The van der Waals surface area contributed by atoms with Crippen molar-refractivity contribution in [2.75, 3.05) is 12.0 Å². The van der Waals surface area contributed by atoms with Gasteiger partial charge in [-0.05, 0) is 48.2 Å². The van der Waals surface area contributed by atoms with Gasteiger partial charge in [-0.3, -0.25) is 4.79 Å². The Labute approximate surface area is 162 Å². The molecule has 1 amide bonds. The number of aromatic hydroxyl groups is 1. The fraction of sp³-hybridized carbons (Fsp3) is 0.381. The Hall–Kier alpha value is -2.01. The molecule has 1 saturated carbocycles. The van der Waals surface area contributed by atoms with Gasteiger partial charge < -0.3 is 14.7 Å². The van der Waals surface area contributed by atoms with Gasteiger partial charge in [0.1, 0.15) is 11.5 Å². The van der Waals surface area contributed by atoms with Crippen LogP contribution in [0.4, 0.5) is 5.69 Å². The van der Waals surface area contributed by atoms with Gasteiger partial charge in [0, 0.05) is 4.47 Å². The summed E-state index contributed by atoms with van der Waals surface area (Å²) < 4.78 is 5.99. The SMILES string of the molecule is CC.COc1ccc(CN2C(=O)C3(CCC3)c3cc(Br)cc(O)c32)cc1. The van der Waals surface area contributed by atoms with Crippen LogP contribution in [-0.2, 0) is 16.8 Å². The average Bonchev–Trinajstić information content (AvgIpc) is 2.86. The summed E-state index contributed by atoms with van der Waals surface area (Å²) in [4.78, 5) is 14.9. The van der Waals surface area contributed by atoms with Crippen molar-refractivity contribution in [3.8, 4) is 11.5 Å². The maximum absolute atomic E-state index is 13.1. The van der Waals surface area contributed by atoms with E-state index in [4.69, 9.17) is 4.74 Å². The van der Waals surface area contributed by atoms with Crippen molar-refractivity contribution in [2.24, 2.45) is 0 Å². The highest BCUT2D eigenvalue weighted by atomic mass is 79.9. The molecule has 4 rings (SSSR count). The number of fused-ring (bicyclic) bond motifs is 2. The molecule has 4 nitrogen and oxygen atoms in total. The smallest absolute Gasteiger partial charge is 0.238 e. The number of hydrogen-bond donors (Lipinski definition) is 1. The summed E-state index contributed by atoms with van der Waals surface area (Å²) in [6.07, 6.45) is 2.76. The number of ether oxygens (including phenoxy) is 1. The fourth-order valence-electron chi connectivity index (χ4n) is 3.79. The molecule has 26 heavy (non-hydrogen) atoms. The number of anilines is 1. The normalized spacial score (nSPS) is 16.6. The number of benzene rings is 2. The summed E-state index contributed by atoms with van der Waals surface area (Å²) in [5.41, 5.74) is 2.19. The molecule has 138 valence electrons. The van der Waals surface area contributed by atoms with Gasteiger partial charge in [0.05, 0.1) is 24.8 Å². The van der Waals surface area contributed by atoms with Crippen LogP contribution in [0.15, 0.2) is 40.9 Å². The minimum atomic E-state index is -0.441. The molecule has 0 radical (unpaired) electrons. The molecule has 1 fully saturated rings. The Morgan fingerprint density at radius 1 is 1.19 bits per heavy atom. The molecule has 5 heteroatoms. The molecule has 0 unspecified atom stereocenters. The lowest BCUT2D eigenvalue weighted by Crippen LogP contribution is -2.44. The second-order valence-electron chi connectivity index (χ2n) is 6.50. The molecule has 2 aliphatic rings. The predicted molar refractivity (Wildman–Crippen MR) is 107 cm³/mol. The van der Waals surface area contributed by atoms with Crippen LogP contribution in [0.25, 0.3) is 0 Å². The molecule has 1 heterocycles. The summed E-state index contributed by atoms with van der Waals surface area (Å²) in [6.45, 7) is 4.45. The standard InChI is InChI=1S/C19H18BrNO3.C2H6/c1-24-14-5-3-12(4-6-14)11-21-17-15(9-13(20)10-16(17)22)19(18(21)23)7-2-8-19;1-2/h3-6,9-10,22H,2,7-8,11H2,1H3;1-2H3. The molecular formula is C21H24BrNO3. The molecule has 2 aromatic carbocycles. The van der Waals surface area contributed by atoms with E-state index < -0.39 is 5.41 Å². The Kier molecular flexibility index (Phi) is 5.28. The number of halogens is 1. The van der Waals surface area contributed by atoms with Crippen molar-refractivity contribution >= 4 is 27.5 Å². The number of carbonyl (C=O) groups is 1. The van der Waals surface area contributed by atoms with Crippen LogP contribution in [0, 0.1) is 0 Å². The Bertz CT molecular complexity index is 813.